The number of hydrogen-bond acceptors (Lipinski definition) is 1. The summed E-state index contributed by atoms with van der Waals surface area (Å²) in [5.74, 6) is 5.86. The van der Waals surface area contributed by atoms with E-state index in [2.05, 4.69) is 62.5 Å². The predicted molar refractivity (Wildman–Crippen MR) is 71.9 cm³/mol. The Kier molecular flexibility index (Phi) is 4.93. The molecule has 74 valence electrons. The molecule has 1 aromatic carbocycles. The van der Waals surface area contributed by atoms with Gasteiger partial charge in [-0.15, -0.1) is 11.8 Å². The first-order valence-corrected chi connectivity index (χ1v) is 6.12. The van der Waals surface area contributed by atoms with E-state index in [1.165, 1.54) is 3.57 Å². The number of rotatable bonds is 2. The molecule has 1 nitrogen and oxygen atoms in total. The van der Waals surface area contributed by atoms with E-state index < -0.39 is 0 Å². The lowest BCUT2D eigenvalue weighted by Gasteiger charge is -2.11. The van der Waals surface area contributed by atoms with Gasteiger partial charge in [0.05, 0.1) is 0 Å². The minimum Gasteiger partial charge on any atom is -0.323 e. The van der Waals surface area contributed by atoms with Crippen molar-refractivity contribution in [3.8, 4) is 11.8 Å². The molecular weight excluding hydrogens is 353 g/mol. The summed E-state index contributed by atoms with van der Waals surface area (Å²) in [5.41, 5.74) is 7.18. The van der Waals surface area contributed by atoms with E-state index in [1.54, 1.807) is 0 Å². The maximum Gasteiger partial charge on any atom is 0.0416 e. The van der Waals surface area contributed by atoms with E-state index >= 15 is 0 Å². The second-order valence-corrected chi connectivity index (χ2v) is 4.98. The molecule has 1 rings (SSSR count). The van der Waals surface area contributed by atoms with Crippen LogP contribution in [-0.4, -0.2) is 0 Å². The van der Waals surface area contributed by atoms with Crippen LogP contribution in [0.4, 0.5) is 0 Å². The first kappa shape index (κ1) is 12.0. The summed E-state index contributed by atoms with van der Waals surface area (Å²) in [7, 11) is 0. The fraction of sp³-hybridized carbons (Fsp3) is 0.273. The zero-order valence-corrected chi connectivity index (χ0v) is 11.6. The zero-order valence-electron chi connectivity index (χ0n) is 7.85. The van der Waals surface area contributed by atoms with Gasteiger partial charge in [-0.25, -0.2) is 0 Å². The largest absolute Gasteiger partial charge is 0.323 e. The molecule has 1 aromatic rings. The predicted octanol–water partition coefficient (Wildman–Crippen LogP) is 3.47. The Labute approximate surface area is 107 Å². The van der Waals surface area contributed by atoms with Crippen LogP contribution in [-0.2, 0) is 0 Å². The highest BCUT2D eigenvalue weighted by Gasteiger charge is 2.08. The Bertz CT molecular complexity index is 379. The molecule has 0 radical (unpaired) electrons. The van der Waals surface area contributed by atoms with Crippen LogP contribution in [0.2, 0.25) is 0 Å². The second kappa shape index (κ2) is 5.74. The van der Waals surface area contributed by atoms with Crippen molar-refractivity contribution in [2.24, 2.45) is 5.73 Å². The molecule has 1 atom stereocenters. The third kappa shape index (κ3) is 3.26. The molecule has 3 heteroatoms. The summed E-state index contributed by atoms with van der Waals surface area (Å²) in [5, 5.41) is 0. The van der Waals surface area contributed by atoms with Crippen molar-refractivity contribution in [2.75, 3.05) is 0 Å². The molecular formula is C11H11BrIN. The molecule has 0 aliphatic heterocycles. The minimum absolute atomic E-state index is 0.00634. The maximum atomic E-state index is 6.02. The van der Waals surface area contributed by atoms with Gasteiger partial charge in [-0.3, -0.25) is 0 Å². The van der Waals surface area contributed by atoms with E-state index in [4.69, 9.17) is 5.73 Å². The normalized spacial score (nSPS) is 11.7. The SMILES string of the molecule is CC#CCC(N)c1cc(Br)ccc1I. The summed E-state index contributed by atoms with van der Waals surface area (Å²) in [4.78, 5) is 0. The van der Waals surface area contributed by atoms with Crippen molar-refractivity contribution in [2.45, 2.75) is 19.4 Å². The summed E-state index contributed by atoms with van der Waals surface area (Å²) in [6.45, 7) is 1.83. The summed E-state index contributed by atoms with van der Waals surface area (Å²) >= 11 is 5.73. The Hall–Kier alpha value is -0.0500. The zero-order chi connectivity index (χ0) is 10.6. The summed E-state index contributed by atoms with van der Waals surface area (Å²) in [6, 6.07) is 6.14. The van der Waals surface area contributed by atoms with E-state index in [1.807, 2.05) is 13.0 Å². The molecule has 0 aliphatic rings. The van der Waals surface area contributed by atoms with Gasteiger partial charge in [0, 0.05) is 20.5 Å². The van der Waals surface area contributed by atoms with Crippen LogP contribution in [0.1, 0.15) is 24.9 Å². The first-order valence-electron chi connectivity index (χ1n) is 4.25. The van der Waals surface area contributed by atoms with Gasteiger partial charge in [-0.1, -0.05) is 15.9 Å². The van der Waals surface area contributed by atoms with Crippen LogP contribution in [0, 0.1) is 15.4 Å². The quantitative estimate of drug-likeness (QED) is 0.632. The summed E-state index contributed by atoms with van der Waals surface area (Å²) < 4.78 is 2.25. The van der Waals surface area contributed by atoms with Crippen molar-refractivity contribution < 1.29 is 0 Å². The highest BCUT2D eigenvalue weighted by Crippen LogP contribution is 2.24. The van der Waals surface area contributed by atoms with Gasteiger partial charge >= 0.3 is 0 Å². The Morgan fingerprint density at radius 3 is 2.93 bits per heavy atom. The van der Waals surface area contributed by atoms with Crippen LogP contribution in [0.25, 0.3) is 0 Å². The smallest absolute Gasteiger partial charge is 0.0416 e. The van der Waals surface area contributed by atoms with Gasteiger partial charge in [-0.2, -0.15) is 0 Å². The van der Waals surface area contributed by atoms with E-state index in [0.29, 0.717) is 6.42 Å². The second-order valence-electron chi connectivity index (χ2n) is 2.90. The molecule has 0 aromatic heterocycles. The van der Waals surface area contributed by atoms with Gasteiger partial charge in [0.15, 0.2) is 0 Å². The average Bonchev–Trinajstić information content (AvgIpc) is 2.18. The topological polar surface area (TPSA) is 26.0 Å². The molecule has 0 spiro atoms. The number of hydrogen-bond donors (Lipinski definition) is 1. The van der Waals surface area contributed by atoms with Crippen LogP contribution < -0.4 is 5.73 Å². The molecule has 0 saturated carbocycles. The standard InChI is InChI=1S/C11H11BrIN/c1-2-3-4-11(14)9-7-8(12)5-6-10(9)13/h5-7,11H,4,14H2,1H3. The molecule has 1 unspecified atom stereocenters. The van der Waals surface area contributed by atoms with Gasteiger partial charge in [-0.05, 0) is 53.3 Å². The molecule has 0 bridgehead atoms. The van der Waals surface area contributed by atoms with Crippen LogP contribution in [0.15, 0.2) is 22.7 Å². The lowest BCUT2D eigenvalue weighted by Crippen LogP contribution is -2.10. The molecule has 0 saturated heterocycles. The number of nitrogens with two attached hydrogens (primary N) is 1. The van der Waals surface area contributed by atoms with Crippen molar-refractivity contribution in [3.05, 3.63) is 31.8 Å². The average molecular weight is 364 g/mol. The maximum absolute atomic E-state index is 6.02. The van der Waals surface area contributed by atoms with Gasteiger partial charge in [0.1, 0.15) is 0 Å². The highest BCUT2D eigenvalue weighted by atomic mass is 127. The van der Waals surface area contributed by atoms with Crippen molar-refractivity contribution >= 4 is 38.5 Å². The number of benzene rings is 1. The minimum atomic E-state index is 0.00634. The third-order valence-corrected chi connectivity index (χ3v) is 3.33. The number of halogens is 2. The monoisotopic (exact) mass is 363 g/mol. The fourth-order valence-electron chi connectivity index (χ4n) is 1.12. The van der Waals surface area contributed by atoms with Crippen LogP contribution >= 0.6 is 38.5 Å². The van der Waals surface area contributed by atoms with Gasteiger partial charge in [0.25, 0.3) is 0 Å². The van der Waals surface area contributed by atoms with E-state index in [0.717, 1.165) is 10.0 Å². The highest BCUT2D eigenvalue weighted by molar-refractivity contribution is 14.1. The van der Waals surface area contributed by atoms with Gasteiger partial charge in [0.2, 0.25) is 0 Å². The fourth-order valence-corrected chi connectivity index (χ4v) is 2.24. The van der Waals surface area contributed by atoms with Crippen molar-refractivity contribution in [3.63, 3.8) is 0 Å². The Morgan fingerprint density at radius 1 is 1.57 bits per heavy atom. The van der Waals surface area contributed by atoms with Crippen LogP contribution in [0.5, 0.6) is 0 Å². The first-order chi connectivity index (χ1) is 6.65. The van der Waals surface area contributed by atoms with Crippen molar-refractivity contribution in [1.29, 1.82) is 0 Å². The van der Waals surface area contributed by atoms with Crippen molar-refractivity contribution in [1.82, 2.24) is 0 Å². The molecule has 0 heterocycles. The van der Waals surface area contributed by atoms with E-state index in [-0.39, 0.29) is 6.04 Å². The van der Waals surface area contributed by atoms with Gasteiger partial charge < -0.3 is 5.73 Å². The molecule has 2 N–H and O–H groups in total. The summed E-state index contributed by atoms with van der Waals surface area (Å²) in [6.07, 6.45) is 0.711. The van der Waals surface area contributed by atoms with E-state index in [9.17, 15) is 0 Å². The molecule has 0 amide bonds. The lowest BCUT2D eigenvalue weighted by molar-refractivity contribution is 0.749. The third-order valence-electron chi connectivity index (χ3n) is 1.86. The Balaban J connectivity index is 2.91. The molecule has 0 fully saturated rings. The Morgan fingerprint density at radius 2 is 2.29 bits per heavy atom. The van der Waals surface area contributed by atoms with Crippen LogP contribution in [0.3, 0.4) is 0 Å². The molecule has 0 aliphatic carbocycles. The lowest BCUT2D eigenvalue weighted by atomic mass is 10.1. The molecule has 14 heavy (non-hydrogen) atoms.